The van der Waals surface area contributed by atoms with Gasteiger partial charge in [-0.2, -0.15) is 0 Å². The third-order valence-corrected chi connectivity index (χ3v) is 1.45. The molecule has 0 aliphatic carbocycles. The number of primary amides is 1. The van der Waals surface area contributed by atoms with Crippen molar-refractivity contribution in [3.05, 3.63) is 0 Å². The van der Waals surface area contributed by atoms with Crippen LogP contribution < -0.4 is 17.2 Å². The summed E-state index contributed by atoms with van der Waals surface area (Å²) >= 11 is 0. The van der Waals surface area contributed by atoms with Crippen LogP contribution in [-0.2, 0) is 19.2 Å². The Bertz CT molecular complexity index is 299. The molecule has 0 saturated carbocycles. The minimum atomic E-state index is -1.29. The molecule has 0 aromatic rings. The van der Waals surface area contributed by atoms with Gasteiger partial charge in [0.15, 0.2) is 0 Å². The highest BCUT2D eigenvalue weighted by Gasteiger charge is 2.14. The molecule has 1 amide bonds. The molecular formula is C8H15N3O7. The van der Waals surface area contributed by atoms with Crippen LogP contribution in [0.4, 0.5) is 0 Å². The Balaban J connectivity index is 0. The van der Waals surface area contributed by atoms with Crippen molar-refractivity contribution in [2.75, 3.05) is 0 Å². The van der Waals surface area contributed by atoms with E-state index in [2.05, 4.69) is 5.73 Å². The van der Waals surface area contributed by atoms with E-state index in [1.54, 1.807) is 0 Å². The van der Waals surface area contributed by atoms with Gasteiger partial charge in [0.05, 0.1) is 12.8 Å². The summed E-state index contributed by atoms with van der Waals surface area (Å²) in [5.74, 6) is -4.42. The normalized spacial score (nSPS) is 12.6. The molecule has 104 valence electrons. The van der Waals surface area contributed by atoms with Gasteiger partial charge in [-0.15, -0.1) is 0 Å². The van der Waals surface area contributed by atoms with Gasteiger partial charge in [-0.3, -0.25) is 19.2 Å². The fraction of sp³-hybridized carbons (Fsp3) is 0.500. The lowest BCUT2D eigenvalue weighted by molar-refractivity contribution is -0.144. The first-order chi connectivity index (χ1) is 8.07. The summed E-state index contributed by atoms with van der Waals surface area (Å²) in [4.78, 5) is 39.5. The SMILES string of the molecule is NC(=O)C[C@H](N)C(=O)O.N[C@@H](CC(=O)O)C(=O)O. The minimum absolute atomic E-state index is 0.310. The monoisotopic (exact) mass is 265 g/mol. The molecule has 10 heteroatoms. The predicted molar refractivity (Wildman–Crippen MR) is 57.3 cm³/mol. The molecule has 0 aliphatic heterocycles. The molecular weight excluding hydrogens is 250 g/mol. The Labute approximate surface area is 101 Å². The molecule has 0 aliphatic rings. The summed E-state index contributed by atoms with van der Waals surface area (Å²) in [6.07, 6.45) is -0.843. The van der Waals surface area contributed by atoms with Crippen molar-refractivity contribution in [3.8, 4) is 0 Å². The van der Waals surface area contributed by atoms with Gasteiger partial charge in [-0.1, -0.05) is 0 Å². The number of carbonyl (C=O) groups is 4. The van der Waals surface area contributed by atoms with Gasteiger partial charge in [0.1, 0.15) is 12.1 Å². The summed E-state index contributed by atoms with van der Waals surface area (Å²) in [6, 6.07) is -2.45. The van der Waals surface area contributed by atoms with Crippen LogP contribution in [0, 0.1) is 0 Å². The summed E-state index contributed by atoms with van der Waals surface area (Å²) in [7, 11) is 0. The van der Waals surface area contributed by atoms with E-state index >= 15 is 0 Å². The average Bonchev–Trinajstić information content (AvgIpc) is 2.16. The summed E-state index contributed by atoms with van der Waals surface area (Å²) < 4.78 is 0. The second kappa shape index (κ2) is 8.90. The average molecular weight is 265 g/mol. The van der Waals surface area contributed by atoms with Crippen LogP contribution >= 0.6 is 0 Å². The zero-order valence-corrected chi connectivity index (χ0v) is 9.28. The number of nitrogens with two attached hydrogens (primary N) is 3. The van der Waals surface area contributed by atoms with Crippen molar-refractivity contribution in [2.45, 2.75) is 24.9 Å². The number of hydrogen-bond acceptors (Lipinski definition) is 6. The summed E-state index contributed by atoms with van der Waals surface area (Å²) in [5, 5.41) is 24.1. The molecule has 0 unspecified atom stereocenters. The lowest BCUT2D eigenvalue weighted by atomic mass is 10.2. The topological polar surface area (TPSA) is 207 Å². The molecule has 0 rings (SSSR count). The van der Waals surface area contributed by atoms with Crippen LogP contribution in [0.15, 0.2) is 0 Å². The van der Waals surface area contributed by atoms with Gasteiger partial charge in [-0.05, 0) is 0 Å². The molecule has 0 heterocycles. The molecule has 18 heavy (non-hydrogen) atoms. The number of amides is 1. The van der Waals surface area contributed by atoms with Crippen LogP contribution in [0.1, 0.15) is 12.8 Å². The Morgan fingerprint density at radius 2 is 1.17 bits per heavy atom. The number of aliphatic carboxylic acids is 3. The van der Waals surface area contributed by atoms with E-state index in [0.29, 0.717) is 0 Å². The fourth-order valence-corrected chi connectivity index (χ4v) is 0.579. The van der Waals surface area contributed by atoms with E-state index in [1.165, 1.54) is 0 Å². The largest absolute Gasteiger partial charge is 0.481 e. The van der Waals surface area contributed by atoms with Crippen LogP contribution in [0.5, 0.6) is 0 Å². The van der Waals surface area contributed by atoms with Crippen molar-refractivity contribution in [1.82, 2.24) is 0 Å². The Morgan fingerprint density at radius 1 is 0.833 bits per heavy atom. The number of carboxylic acid groups (broad SMARTS) is 3. The van der Waals surface area contributed by atoms with Crippen molar-refractivity contribution in [1.29, 1.82) is 0 Å². The Morgan fingerprint density at radius 3 is 1.28 bits per heavy atom. The second-order valence-electron chi connectivity index (χ2n) is 3.16. The molecule has 2 atom stereocenters. The first kappa shape index (κ1) is 18.2. The van der Waals surface area contributed by atoms with E-state index in [-0.39, 0.29) is 6.42 Å². The first-order valence-corrected chi connectivity index (χ1v) is 4.54. The molecule has 10 nitrogen and oxygen atoms in total. The molecule has 0 fully saturated rings. The quantitative estimate of drug-likeness (QED) is 0.291. The molecule has 9 N–H and O–H groups in total. The zero-order valence-electron chi connectivity index (χ0n) is 9.28. The fourth-order valence-electron chi connectivity index (χ4n) is 0.579. The molecule has 0 saturated heterocycles. The van der Waals surface area contributed by atoms with E-state index in [4.69, 9.17) is 26.8 Å². The van der Waals surface area contributed by atoms with Crippen molar-refractivity contribution >= 4 is 23.8 Å². The van der Waals surface area contributed by atoms with Gasteiger partial charge in [-0.25, -0.2) is 0 Å². The van der Waals surface area contributed by atoms with Crippen LogP contribution in [0.25, 0.3) is 0 Å². The van der Waals surface area contributed by atoms with E-state index < -0.39 is 42.3 Å². The van der Waals surface area contributed by atoms with Gasteiger partial charge >= 0.3 is 17.9 Å². The van der Waals surface area contributed by atoms with Gasteiger partial charge in [0.25, 0.3) is 0 Å². The van der Waals surface area contributed by atoms with Crippen molar-refractivity contribution in [3.63, 3.8) is 0 Å². The third-order valence-electron chi connectivity index (χ3n) is 1.45. The molecule has 0 spiro atoms. The lowest BCUT2D eigenvalue weighted by Gasteiger charge is -1.99. The predicted octanol–water partition coefficient (Wildman–Crippen LogP) is -2.85. The maximum absolute atomic E-state index is 9.99. The first-order valence-electron chi connectivity index (χ1n) is 4.54. The number of carbonyl (C=O) groups excluding carboxylic acids is 1. The van der Waals surface area contributed by atoms with Crippen LogP contribution in [-0.4, -0.2) is 51.2 Å². The lowest BCUT2D eigenvalue weighted by Crippen LogP contribution is -2.34. The third kappa shape index (κ3) is 11.9. The smallest absolute Gasteiger partial charge is 0.321 e. The Kier molecular flexibility index (Phi) is 8.98. The minimum Gasteiger partial charge on any atom is -0.481 e. The number of carboxylic acids is 3. The van der Waals surface area contributed by atoms with Crippen LogP contribution in [0.2, 0.25) is 0 Å². The number of hydrogen-bond donors (Lipinski definition) is 6. The van der Waals surface area contributed by atoms with E-state index in [0.717, 1.165) is 0 Å². The summed E-state index contributed by atoms with van der Waals surface area (Å²) in [5.41, 5.74) is 14.4. The van der Waals surface area contributed by atoms with Gasteiger partial charge in [0.2, 0.25) is 5.91 Å². The Hall–Kier alpha value is -2.20. The summed E-state index contributed by atoms with van der Waals surface area (Å²) in [6.45, 7) is 0. The molecule has 0 aromatic heterocycles. The molecule has 0 radical (unpaired) electrons. The van der Waals surface area contributed by atoms with E-state index in [9.17, 15) is 19.2 Å². The van der Waals surface area contributed by atoms with Gasteiger partial charge < -0.3 is 32.5 Å². The highest BCUT2D eigenvalue weighted by Crippen LogP contribution is 1.86. The number of rotatable bonds is 6. The zero-order chi connectivity index (χ0) is 14.9. The van der Waals surface area contributed by atoms with E-state index in [1.807, 2.05) is 0 Å². The highest BCUT2D eigenvalue weighted by molar-refractivity contribution is 5.83. The highest BCUT2D eigenvalue weighted by atomic mass is 16.4. The van der Waals surface area contributed by atoms with Crippen molar-refractivity contribution in [2.24, 2.45) is 17.2 Å². The molecule has 0 aromatic carbocycles. The maximum Gasteiger partial charge on any atom is 0.321 e. The van der Waals surface area contributed by atoms with Crippen molar-refractivity contribution < 1.29 is 34.5 Å². The standard InChI is InChI=1S/C4H8N2O3.C4H7NO4/c2*5-2(4(8)9)1-3(6)7/h2H,1,5H2,(H2,6,7)(H,8,9);2H,1,5H2,(H,6,7)(H,8,9)/t2*2-/m00/s1. The second-order valence-corrected chi connectivity index (χ2v) is 3.16. The van der Waals surface area contributed by atoms with Gasteiger partial charge in [0, 0.05) is 0 Å². The maximum atomic E-state index is 9.99. The molecule has 0 bridgehead atoms. The van der Waals surface area contributed by atoms with Crippen LogP contribution in [0.3, 0.4) is 0 Å².